The highest BCUT2D eigenvalue weighted by Gasteiger charge is 2.11. The van der Waals surface area contributed by atoms with Crippen LogP contribution in [0.5, 0.6) is 0 Å². The molecule has 2 amide bonds. The Hall–Kier alpha value is -3.38. The second-order valence-corrected chi connectivity index (χ2v) is 6.66. The number of carbonyl (C=O) groups excluding carboxylic acids is 2. The van der Waals surface area contributed by atoms with Crippen molar-refractivity contribution in [2.24, 2.45) is 0 Å². The maximum atomic E-state index is 12.1. The maximum absolute atomic E-state index is 12.1. The Morgan fingerprint density at radius 3 is 2.48 bits per heavy atom. The number of aromatic nitrogens is 2. The van der Waals surface area contributed by atoms with Gasteiger partial charge in [0.1, 0.15) is 0 Å². The molecule has 0 radical (unpaired) electrons. The van der Waals surface area contributed by atoms with Crippen molar-refractivity contribution in [1.29, 1.82) is 0 Å². The zero-order valence-corrected chi connectivity index (χ0v) is 16.7. The molecule has 0 aliphatic rings. The maximum Gasteiger partial charge on any atom is 0.244 e. The molecule has 3 aromatic rings. The zero-order chi connectivity index (χ0) is 20.6. The van der Waals surface area contributed by atoms with Crippen LogP contribution in [-0.4, -0.2) is 34.7 Å². The number of hydrogen-bond donors (Lipinski definition) is 2. The molecular formula is C22H21ClN4O2. The van der Waals surface area contributed by atoms with Crippen LogP contribution >= 0.6 is 11.6 Å². The van der Waals surface area contributed by atoms with E-state index in [0.29, 0.717) is 11.6 Å². The first kappa shape index (κ1) is 20.4. The molecule has 0 bridgehead atoms. The van der Waals surface area contributed by atoms with Gasteiger partial charge in [-0.2, -0.15) is 5.10 Å². The highest BCUT2D eigenvalue weighted by atomic mass is 35.5. The van der Waals surface area contributed by atoms with Crippen LogP contribution < -0.4 is 10.6 Å². The monoisotopic (exact) mass is 408 g/mol. The van der Waals surface area contributed by atoms with Gasteiger partial charge in [-0.3, -0.25) is 9.59 Å². The summed E-state index contributed by atoms with van der Waals surface area (Å²) in [6.45, 7) is 2.28. The molecule has 0 aliphatic heterocycles. The summed E-state index contributed by atoms with van der Waals surface area (Å²) in [5.74, 6) is -0.584. The highest BCUT2D eigenvalue weighted by molar-refractivity contribution is 6.30. The molecule has 0 spiro atoms. The van der Waals surface area contributed by atoms with Crippen molar-refractivity contribution in [2.75, 3.05) is 13.1 Å². The Labute approximate surface area is 174 Å². The molecule has 2 aromatic carbocycles. The number of nitrogens with zero attached hydrogens (tertiary/aromatic N) is 2. The van der Waals surface area contributed by atoms with Gasteiger partial charge >= 0.3 is 0 Å². The van der Waals surface area contributed by atoms with Gasteiger partial charge in [-0.25, -0.2) is 4.68 Å². The third-order valence-corrected chi connectivity index (χ3v) is 4.34. The second kappa shape index (κ2) is 9.71. The Balaban J connectivity index is 1.86. The molecule has 29 heavy (non-hydrogen) atoms. The van der Waals surface area contributed by atoms with Gasteiger partial charge in [0.05, 0.1) is 17.9 Å². The lowest BCUT2D eigenvalue weighted by Gasteiger charge is -2.02. The van der Waals surface area contributed by atoms with Gasteiger partial charge in [-0.05, 0) is 37.3 Å². The van der Waals surface area contributed by atoms with Gasteiger partial charge in [0.25, 0.3) is 0 Å². The number of rotatable bonds is 7. The van der Waals surface area contributed by atoms with Crippen LogP contribution in [0, 0.1) is 0 Å². The number of benzene rings is 2. The molecule has 0 saturated heterocycles. The molecule has 0 atom stereocenters. The van der Waals surface area contributed by atoms with E-state index in [1.165, 1.54) is 6.08 Å². The summed E-state index contributed by atoms with van der Waals surface area (Å²) in [7, 11) is 0. The van der Waals surface area contributed by atoms with Gasteiger partial charge in [-0.15, -0.1) is 0 Å². The highest BCUT2D eigenvalue weighted by Crippen LogP contribution is 2.26. The predicted molar refractivity (Wildman–Crippen MR) is 115 cm³/mol. The van der Waals surface area contributed by atoms with E-state index in [1.807, 2.05) is 55.6 Å². The minimum atomic E-state index is -0.356. The number of para-hydroxylation sites is 1. The van der Waals surface area contributed by atoms with Crippen molar-refractivity contribution in [3.8, 4) is 16.9 Å². The Kier molecular flexibility index (Phi) is 6.81. The first-order valence-electron chi connectivity index (χ1n) is 9.20. The molecule has 0 fully saturated rings. The van der Waals surface area contributed by atoms with Crippen molar-refractivity contribution in [3.63, 3.8) is 0 Å². The number of likely N-dealkylation sites (N-methyl/N-ethyl adjacent to an activating group) is 1. The number of amides is 2. The second-order valence-electron chi connectivity index (χ2n) is 6.22. The molecule has 3 rings (SSSR count). The summed E-state index contributed by atoms with van der Waals surface area (Å²) in [6, 6.07) is 17.1. The van der Waals surface area contributed by atoms with Crippen molar-refractivity contribution in [3.05, 3.63) is 77.5 Å². The van der Waals surface area contributed by atoms with E-state index in [0.717, 1.165) is 22.5 Å². The first-order valence-corrected chi connectivity index (χ1v) is 9.58. The fourth-order valence-electron chi connectivity index (χ4n) is 2.71. The van der Waals surface area contributed by atoms with E-state index in [9.17, 15) is 9.59 Å². The third-order valence-electron chi connectivity index (χ3n) is 4.09. The van der Waals surface area contributed by atoms with Crippen LogP contribution in [0.2, 0.25) is 5.02 Å². The number of halogens is 1. The topological polar surface area (TPSA) is 76.0 Å². The number of hydrogen-bond acceptors (Lipinski definition) is 3. The Morgan fingerprint density at radius 2 is 1.79 bits per heavy atom. The molecule has 0 saturated carbocycles. The standard InChI is InChI=1S/C22H21ClN4O2/c1-2-24-21(29)14-25-20(28)13-10-17-15-27(19-6-4-3-5-7-19)26-22(17)16-8-11-18(23)12-9-16/h3-13,15H,2,14H2,1H3,(H,24,29)(H,25,28)/b13-10+. The molecule has 7 heteroatoms. The number of nitrogens with one attached hydrogen (secondary N) is 2. The Bertz CT molecular complexity index is 1010. The van der Waals surface area contributed by atoms with Crippen LogP contribution in [0.15, 0.2) is 66.9 Å². The van der Waals surface area contributed by atoms with E-state index in [2.05, 4.69) is 15.7 Å². The lowest BCUT2D eigenvalue weighted by molar-refractivity contribution is -0.123. The molecule has 2 N–H and O–H groups in total. The van der Waals surface area contributed by atoms with E-state index in [4.69, 9.17) is 11.6 Å². The smallest absolute Gasteiger partial charge is 0.244 e. The van der Waals surface area contributed by atoms with Crippen LogP contribution in [0.25, 0.3) is 23.0 Å². The van der Waals surface area contributed by atoms with Crippen LogP contribution in [0.4, 0.5) is 0 Å². The molecular weight excluding hydrogens is 388 g/mol. The summed E-state index contributed by atoms with van der Waals surface area (Å²) < 4.78 is 1.76. The lowest BCUT2D eigenvalue weighted by Crippen LogP contribution is -2.35. The lowest BCUT2D eigenvalue weighted by atomic mass is 10.1. The summed E-state index contributed by atoms with van der Waals surface area (Å²) in [4.78, 5) is 23.5. The van der Waals surface area contributed by atoms with Gasteiger partial charge in [0, 0.05) is 35.0 Å². The number of carbonyl (C=O) groups is 2. The van der Waals surface area contributed by atoms with E-state index < -0.39 is 0 Å². The van der Waals surface area contributed by atoms with Crippen molar-refractivity contribution in [2.45, 2.75) is 6.92 Å². The van der Waals surface area contributed by atoms with E-state index >= 15 is 0 Å². The summed E-state index contributed by atoms with van der Waals surface area (Å²) in [5.41, 5.74) is 3.28. The van der Waals surface area contributed by atoms with Gasteiger partial charge in [0.2, 0.25) is 11.8 Å². The summed E-state index contributed by atoms with van der Waals surface area (Å²) >= 11 is 6.00. The van der Waals surface area contributed by atoms with Crippen LogP contribution in [0.3, 0.4) is 0 Å². The normalized spacial score (nSPS) is 10.8. The summed E-state index contributed by atoms with van der Waals surface area (Å²) in [6.07, 6.45) is 4.93. The fourth-order valence-corrected chi connectivity index (χ4v) is 2.83. The molecule has 1 aromatic heterocycles. The van der Waals surface area contributed by atoms with Crippen molar-refractivity contribution >= 4 is 29.5 Å². The van der Waals surface area contributed by atoms with Crippen molar-refractivity contribution in [1.82, 2.24) is 20.4 Å². The first-order chi connectivity index (χ1) is 14.1. The average Bonchev–Trinajstić information content (AvgIpc) is 3.16. The minimum Gasteiger partial charge on any atom is -0.355 e. The predicted octanol–water partition coefficient (Wildman–Crippen LogP) is 3.46. The summed E-state index contributed by atoms with van der Waals surface area (Å²) in [5, 5.41) is 10.5. The van der Waals surface area contributed by atoms with Crippen molar-refractivity contribution < 1.29 is 9.59 Å². The van der Waals surface area contributed by atoms with Gasteiger partial charge in [0.15, 0.2) is 0 Å². The fraction of sp³-hybridized carbons (Fsp3) is 0.136. The minimum absolute atomic E-state index is 0.0651. The van der Waals surface area contributed by atoms with Gasteiger partial charge < -0.3 is 10.6 Å². The SMILES string of the molecule is CCNC(=O)CNC(=O)/C=C/c1cn(-c2ccccc2)nc1-c1ccc(Cl)cc1. The molecule has 6 nitrogen and oxygen atoms in total. The van der Waals surface area contributed by atoms with Crippen LogP contribution in [-0.2, 0) is 9.59 Å². The van der Waals surface area contributed by atoms with E-state index in [1.54, 1.807) is 22.9 Å². The average molecular weight is 409 g/mol. The van der Waals surface area contributed by atoms with Crippen LogP contribution in [0.1, 0.15) is 12.5 Å². The van der Waals surface area contributed by atoms with E-state index in [-0.39, 0.29) is 18.4 Å². The Morgan fingerprint density at radius 1 is 1.07 bits per heavy atom. The molecule has 0 unspecified atom stereocenters. The van der Waals surface area contributed by atoms with Gasteiger partial charge in [-0.1, -0.05) is 41.9 Å². The zero-order valence-electron chi connectivity index (χ0n) is 15.9. The quantitative estimate of drug-likeness (QED) is 0.588. The third kappa shape index (κ3) is 5.56. The largest absolute Gasteiger partial charge is 0.355 e. The molecule has 1 heterocycles. The molecule has 0 aliphatic carbocycles. The molecule has 148 valence electrons.